The minimum absolute atomic E-state index is 0.0952. The molecule has 0 saturated heterocycles. The zero-order chi connectivity index (χ0) is 19.4. The van der Waals surface area contributed by atoms with E-state index in [4.69, 9.17) is 18.6 Å². The number of hydrogen-bond acceptors (Lipinski definition) is 6. The summed E-state index contributed by atoms with van der Waals surface area (Å²) in [5.74, 6) is 1.49. The van der Waals surface area contributed by atoms with Crippen LogP contribution in [0.3, 0.4) is 0 Å². The second kappa shape index (κ2) is 7.95. The van der Waals surface area contributed by atoms with Crippen molar-refractivity contribution in [3.05, 3.63) is 65.0 Å². The number of rotatable bonds is 6. The summed E-state index contributed by atoms with van der Waals surface area (Å²) in [6, 6.07) is 13.0. The number of carbonyl (C=O) groups is 1. The van der Waals surface area contributed by atoms with E-state index >= 15 is 0 Å². The van der Waals surface area contributed by atoms with E-state index in [1.165, 1.54) is 0 Å². The van der Waals surface area contributed by atoms with Crippen molar-refractivity contribution in [3.8, 4) is 23.0 Å². The second-order valence-corrected chi connectivity index (χ2v) is 6.00. The van der Waals surface area contributed by atoms with Gasteiger partial charge in [-0.15, -0.1) is 0 Å². The molecule has 0 aliphatic carbocycles. The number of carbonyl (C=O) groups excluding carboxylic acids is 1. The Morgan fingerprint density at radius 3 is 2.37 bits per heavy atom. The molecule has 0 atom stereocenters. The van der Waals surface area contributed by atoms with Gasteiger partial charge in [0.05, 0.1) is 14.2 Å². The third-order valence-corrected chi connectivity index (χ3v) is 4.21. The molecule has 6 nitrogen and oxygen atoms in total. The first-order valence-corrected chi connectivity index (χ1v) is 8.45. The van der Waals surface area contributed by atoms with Crippen LogP contribution in [0, 0.1) is 13.8 Å². The van der Waals surface area contributed by atoms with Gasteiger partial charge in [-0.25, -0.2) is 9.78 Å². The average Bonchev–Trinajstić information content (AvgIpc) is 3.09. The van der Waals surface area contributed by atoms with Crippen molar-refractivity contribution in [2.75, 3.05) is 14.2 Å². The maximum Gasteiger partial charge on any atom is 0.360 e. The summed E-state index contributed by atoms with van der Waals surface area (Å²) >= 11 is 0. The van der Waals surface area contributed by atoms with E-state index in [0.717, 1.165) is 16.7 Å². The highest BCUT2D eigenvalue weighted by Crippen LogP contribution is 2.30. The highest BCUT2D eigenvalue weighted by molar-refractivity contribution is 5.88. The van der Waals surface area contributed by atoms with E-state index in [1.54, 1.807) is 27.2 Å². The summed E-state index contributed by atoms with van der Waals surface area (Å²) in [5, 5.41) is 0. The Labute approximate surface area is 157 Å². The number of esters is 1. The predicted molar refractivity (Wildman–Crippen MR) is 100 cm³/mol. The number of benzene rings is 2. The second-order valence-electron chi connectivity index (χ2n) is 6.00. The van der Waals surface area contributed by atoms with Gasteiger partial charge < -0.3 is 18.6 Å². The zero-order valence-electron chi connectivity index (χ0n) is 15.7. The molecular weight excluding hydrogens is 346 g/mol. The summed E-state index contributed by atoms with van der Waals surface area (Å²) in [4.78, 5) is 16.8. The number of oxazole rings is 1. The van der Waals surface area contributed by atoms with Gasteiger partial charge in [0.2, 0.25) is 5.89 Å². The average molecular weight is 367 g/mol. The van der Waals surface area contributed by atoms with Gasteiger partial charge in [-0.05, 0) is 49.2 Å². The molecule has 140 valence electrons. The molecule has 0 amide bonds. The van der Waals surface area contributed by atoms with Gasteiger partial charge in [0.1, 0.15) is 12.4 Å². The monoisotopic (exact) mass is 367 g/mol. The normalized spacial score (nSPS) is 10.5. The van der Waals surface area contributed by atoms with Gasteiger partial charge >= 0.3 is 5.97 Å². The maximum atomic E-state index is 12.5. The topological polar surface area (TPSA) is 70.8 Å². The fourth-order valence-electron chi connectivity index (χ4n) is 2.68. The maximum absolute atomic E-state index is 12.5. The van der Waals surface area contributed by atoms with Gasteiger partial charge in [-0.3, -0.25) is 0 Å². The quantitative estimate of drug-likeness (QED) is 0.604. The number of nitrogens with zero attached hydrogens (tertiary/aromatic N) is 1. The summed E-state index contributed by atoms with van der Waals surface area (Å²) < 4.78 is 21.6. The van der Waals surface area contributed by atoms with E-state index in [0.29, 0.717) is 23.1 Å². The highest BCUT2D eigenvalue weighted by Gasteiger charge is 2.20. The lowest BCUT2D eigenvalue weighted by Gasteiger charge is -2.12. The van der Waals surface area contributed by atoms with Crippen molar-refractivity contribution < 1.29 is 23.4 Å². The van der Waals surface area contributed by atoms with Crippen LogP contribution in [-0.2, 0) is 11.3 Å². The third-order valence-electron chi connectivity index (χ3n) is 4.21. The van der Waals surface area contributed by atoms with Crippen LogP contribution in [0.2, 0.25) is 0 Å². The van der Waals surface area contributed by atoms with E-state index in [-0.39, 0.29) is 12.3 Å². The summed E-state index contributed by atoms with van der Waals surface area (Å²) in [6.07, 6.45) is 0. The van der Waals surface area contributed by atoms with Crippen LogP contribution in [0.5, 0.6) is 11.5 Å². The SMILES string of the molecule is COc1cc(C)c(COC(=O)c2nc(-c3ccccc3)oc2C)cc1OC. The Kier molecular flexibility index (Phi) is 5.45. The lowest BCUT2D eigenvalue weighted by molar-refractivity contribution is 0.0463. The van der Waals surface area contributed by atoms with Crippen molar-refractivity contribution in [3.63, 3.8) is 0 Å². The van der Waals surface area contributed by atoms with E-state index < -0.39 is 5.97 Å². The molecule has 0 bridgehead atoms. The van der Waals surface area contributed by atoms with Gasteiger partial charge in [-0.1, -0.05) is 18.2 Å². The summed E-state index contributed by atoms with van der Waals surface area (Å²) in [7, 11) is 3.14. The van der Waals surface area contributed by atoms with Gasteiger partial charge in [0.15, 0.2) is 17.2 Å². The first kappa shape index (κ1) is 18.5. The minimum Gasteiger partial charge on any atom is -0.493 e. The lowest BCUT2D eigenvalue weighted by atomic mass is 10.1. The molecule has 3 aromatic rings. The molecule has 2 aromatic carbocycles. The van der Waals surface area contributed by atoms with Gasteiger partial charge in [-0.2, -0.15) is 0 Å². The molecule has 0 aliphatic heterocycles. The summed E-state index contributed by atoms with van der Waals surface area (Å²) in [6.45, 7) is 3.70. The Hall–Kier alpha value is -3.28. The van der Waals surface area contributed by atoms with Gasteiger partial charge in [0, 0.05) is 5.56 Å². The molecule has 0 fully saturated rings. The third kappa shape index (κ3) is 3.95. The Morgan fingerprint density at radius 1 is 1.04 bits per heavy atom. The van der Waals surface area contributed by atoms with Crippen LogP contribution in [0.15, 0.2) is 46.9 Å². The molecule has 6 heteroatoms. The van der Waals surface area contributed by atoms with Crippen LogP contribution >= 0.6 is 0 Å². The van der Waals surface area contributed by atoms with E-state index in [1.807, 2.05) is 43.3 Å². The van der Waals surface area contributed by atoms with Crippen molar-refractivity contribution in [2.24, 2.45) is 0 Å². The first-order valence-electron chi connectivity index (χ1n) is 8.45. The van der Waals surface area contributed by atoms with Crippen molar-refractivity contribution in [2.45, 2.75) is 20.5 Å². The minimum atomic E-state index is -0.535. The van der Waals surface area contributed by atoms with Crippen molar-refractivity contribution in [1.29, 1.82) is 0 Å². The Morgan fingerprint density at radius 2 is 1.70 bits per heavy atom. The molecule has 0 saturated carbocycles. The molecule has 0 N–H and O–H groups in total. The molecule has 27 heavy (non-hydrogen) atoms. The molecule has 0 radical (unpaired) electrons. The fourth-order valence-corrected chi connectivity index (χ4v) is 2.68. The van der Waals surface area contributed by atoms with E-state index in [9.17, 15) is 4.79 Å². The lowest BCUT2D eigenvalue weighted by Crippen LogP contribution is -2.08. The number of aromatic nitrogens is 1. The largest absolute Gasteiger partial charge is 0.493 e. The smallest absolute Gasteiger partial charge is 0.360 e. The van der Waals surface area contributed by atoms with Crippen molar-refractivity contribution >= 4 is 5.97 Å². The number of aryl methyl sites for hydroxylation is 2. The standard InChI is InChI=1S/C21H21NO5/c1-13-10-17(24-3)18(25-4)11-16(13)12-26-21(23)19-14(2)27-20(22-19)15-8-6-5-7-9-15/h5-11H,12H2,1-4H3. The van der Waals surface area contributed by atoms with Crippen molar-refractivity contribution in [1.82, 2.24) is 4.98 Å². The fraction of sp³-hybridized carbons (Fsp3) is 0.238. The summed E-state index contributed by atoms with van der Waals surface area (Å²) in [5.41, 5.74) is 2.73. The molecule has 3 rings (SSSR count). The van der Waals surface area contributed by atoms with Crippen LogP contribution in [-0.4, -0.2) is 25.2 Å². The van der Waals surface area contributed by atoms with Crippen LogP contribution < -0.4 is 9.47 Å². The molecule has 1 heterocycles. The molecule has 1 aromatic heterocycles. The molecule has 0 aliphatic rings. The molecule has 0 unspecified atom stereocenters. The Balaban J connectivity index is 1.76. The Bertz CT molecular complexity index is 947. The molecular formula is C21H21NO5. The first-order chi connectivity index (χ1) is 13.0. The van der Waals surface area contributed by atoms with E-state index in [2.05, 4.69) is 4.98 Å². The zero-order valence-corrected chi connectivity index (χ0v) is 15.7. The van der Waals surface area contributed by atoms with Crippen LogP contribution in [0.25, 0.3) is 11.5 Å². The number of hydrogen-bond donors (Lipinski definition) is 0. The van der Waals surface area contributed by atoms with Crippen LogP contribution in [0.4, 0.5) is 0 Å². The number of ether oxygens (including phenoxy) is 3. The number of methoxy groups -OCH3 is 2. The van der Waals surface area contributed by atoms with Gasteiger partial charge in [0.25, 0.3) is 0 Å². The highest BCUT2D eigenvalue weighted by atomic mass is 16.5. The predicted octanol–water partition coefficient (Wildman–Crippen LogP) is 4.33. The molecule has 0 spiro atoms. The van der Waals surface area contributed by atoms with Crippen LogP contribution in [0.1, 0.15) is 27.4 Å².